The Hall–Kier alpha value is -1.26. The van der Waals surface area contributed by atoms with E-state index >= 15 is 0 Å². The second-order valence-electron chi connectivity index (χ2n) is 7.46. The lowest BCUT2D eigenvalue weighted by Gasteiger charge is -2.33. The number of carbonyl (C=O) groups is 2. The van der Waals surface area contributed by atoms with Gasteiger partial charge in [-0.25, -0.2) is 4.79 Å². The molecule has 122 valence electrons. The molecular weight excluding hydrogens is 268 g/mol. The molecule has 0 radical (unpaired) electrons. The van der Waals surface area contributed by atoms with Crippen molar-refractivity contribution in [2.24, 2.45) is 17.3 Å². The van der Waals surface area contributed by atoms with E-state index in [-0.39, 0.29) is 23.8 Å². The van der Waals surface area contributed by atoms with Crippen molar-refractivity contribution in [3.05, 3.63) is 0 Å². The predicted molar refractivity (Wildman–Crippen MR) is 83.2 cm³/mol. The molecule has 0 heterocycles. The summed E-state index contributed by atoms with van der Waals surface area (Å²) in [7, 11) is 0. The van der Waals surface area contributed by atoms with Gasteiger partial charge < -0.3 is 15.7 Å². The van der Waals surface area contributed by atoms with Crippen LogP contribution in [-0.4, -0.2) is 29.7 Å². The van der Waals surface area contributed by atoms with E-state index in [4.69, 9.17) is 5.11 Å². The second-order valence-corrected chi connectivity index (χ2v) is 7.46. The van der Waals surface area contributed by atoms with Gasteiger partial charge in [0.15, 0.2) is 0 Å². The zero-order valence-electron chi connectivity index (χ0n) is 13.7. The maximum Gasteiger partial charge on any atom is 0.315 e. The molecule has 5 heteroatoms. The van der Waals surface area contributed by atoms with E-state index in [2.05, 4.69) is 38.3 Å². The molecular formula is C16H30N2O3. The summed E-state index contributed by atoms with van der Waals surface area (Å²) in [4.78, 5) is 22.5. The Morgan fingerprint density at radius 3 is 2.33 bits per heavy atom. The minimum absolute atomic E-state index is 0.0526. The lowest BCUT2D eigenvalue weighted by atomic mass is 9.76. The molecule has 0 bridgehead atoms. The van der Waals surface area contributed by atoms with Crippen LogP contribution in [0.15, 0.2) is 0 Å². The molecule has 0 aliphatic heterocycles. The van der Waals surface area contributed by atoms with E-state index in [0.29, 0.717) is 19.0 Å². The number of urea groups is 1. The van der Waals surface area contributed by atoms with Crippen molar-refractivity contribution in [3.63, 3.8) is 0 Å². The molecule has 0 aromatic heterocycles. The van der Waals surface area contributed by atoms with Crippen LogP contribution in [0.2, 0.25) is 0 Å². The van der Waals surface area contributed by atoms with Crippen molar-refractivity contribution < 1.29 is 14.7 Å². The average Bonchev–Trinajstić information content (AvgIpc) is 2.29. The molecule has 0 aromatic rings. The van der Waals surface area contributed by atoms with Crippen molar-refractivity contribution in [1.29, 1.82) is 0 Å². The molecule has 1 rings (SSSR count). The first-order chi connectivity index (χ1) is 9.68. The number of carboxylic acid groups (broad SMARTS) is 1. The monoisotopic (exact) mass is 298 g/mol. The summed E-state index contributed by atoms with van der Waals surface area (Å²) in [6.45, 7) is 9.14. The fourth-order valence-electron chi connectivity index (χ4n) is 2.92. The van der Waals surface area contributed by atoms with Crippen LogP contribution in [0.25, 0.3) is 0 Å². The van der Waals surface area contributed by atoms with Gasteiger partial charge in [-0.2, -0.15) is 0 Å². The number of rotatable bonds is 7. The van der Waals surface area contributed by atoms with Crippen molar-refractivity contribution in [3.8, 4) is 0 Å². The molecule has 2 amide bonds. The third-order valence-corrected chi connectivity index (χ3v) is 4.42. The van der Waals surface area contributed by atoms with Crippen molar-refractivity contribution >= 4 is 12.0 Å². The SMILES string of the molecule is CC1CC(NC(=O)NCCC(CCC(=O)O)C(C)(C)C)C1. The predicted octanol–water partition coefficient (Wildman–Crippen LogP) is 3.00. The van der Waals surface area contributed by atoms with Gasteiger partial charge in [-0.05, 0) is 42.9 Å². The van der Waals surface area contributed by atoms with Gasteiger partial charge >= 0.3 is 12.0 Å². The summed E-state index contributed by atoms with van der Waals surface area (Å²) in [5.41, 5.74) is 0.0526. The minimum Gasteiger partial charge on any atom is -0.481 e. The van der Waals surface area contributed by atoms with Crippen LogP contribution in [0.3, 0.4) is 0 Å². The van der Waals surface area contributed by atoms with Crippen LogP contribution >= 0.6 is 0 Å². The fourth-order valence-corrected chi connectivity index (χ4v) is 2.92. The molecule has 5 nitrogen and oxygen atoms in total. The van der Waals surface area contributed by atoms with Gasteiger partial charge in [-0.15, -0.1) is 0 Å². The number of aliphatic carboxylic acids is 1. The van der Waals surface area contributed by atoms with Crippen LogP contribution in [0.5, 0.6) is 0 Å². The van der Waals surface area contributed by atoms with E-state index in [1.54, 1.807) is 0 Å². The highest BCUT2D eigenvalue weighted by atomic mass is 16.4. The number of carboxylic acids is 1. The maximum absolute atomic E-state index is 11.7. The van der Waals surface area contributed by atoms with Crippen molar-refractivity contribution in [2.45, 2.75) is 65.8 Å². The zero-order valence-corrected chi connectivity index (χ0v) is 13.7. The number of hydrogen-bond acceptors (Lipinski definition) is 2. The van der Waals surface area contributed by atoms with Crippen molar-refractivity contribution in [2.75, 3.05) is 6.54 Å². The van der Waals surface area contributed by atoms with Crippen molar-refractivity contribution in [1.82, 2.24) is 10.6 Å². The normalized spacial score (nSPS) is 23.0. The molecule has 1 atom stereocenters. The third-order valence-electron chi connectivity index (χ3n) is 4.42. The summed E-state index contributed by atoms with van der Waals surface area (Å²) in [6, 6.07) is 0.225. The Morgan fingerprint density at radius 1 is 1.24 bits per heavy atom. The first kappa shape index (κ1) is 17.8. The van der Waals surface area contributed by atoms with Gasteiger partial charge in [0.25, 0.3) is 0 Å². The second kappa shape index (κ2) is 7.66. The van der Waals surface area contributed by atoms with Crippen LogP contribution in [0.1, 0.15) is 59.8 Å². The average molecular weight is 298 g/mol. The highest BCUT2D eigenvalue weighted by Gasteiger charge is 2.27. The molecule has 0 saturated heterocycles. The topological polar surface area (TPSA) is 78.4 Å². The van der Waals surface area contributed by atoms with E-state index < -0.39 is 5.97 Å². The number of nitrogens with one attached hydrogen (secondary N) is 2. The molecule has 1 fully saturated rings. The van der Waals surface area contributed by atoms with Crippen LogP contribution in [0.4, 0.5) is 4.79 Å². The van der Waals surface area contributed by atoms with E-state index in [1.807, 2.05) is 0 Å². The Labute approximate surface area is 127 Å². The number of carbonyl (C=O) groups excluding carboxylic acids is 1. The standard InChI is InChI=1S/C16H30N2O3/c1-11-9-13(10-11)18-15(21)17-8-7-12(16(2,3)4)5-6-14(19)20/h11-13H,5-10H2,1-4H3,(H,19,20)(H2,17,18,21). The lowest BCUT2D eigenvalue weighted by molar-refractivity contribution is -0.137. The Kier molecular flexibility index (Phi) is 6.49. The summed E-state index contributed by atoms with van der Waals surface area (Å²) in [5.74, 6) is 0.253. The molecule has 1 aliphatic carbocycles. The minimum atomic E-state index is -0.756. The van der Waals surface area contributed by atoms with Gasteiger partial charge in [0.05, 0.1) is 0 Å². The first-order valence-corrected chi connectivity index (χ1v) is 7.94. The Bertz CT molecular complexity index is 357. The molecule has 0 spiro atoms. The van der Waals surface area contributed by atoms with Crippen LogP contribution in [-0.2, 0) is 4.79 Å². The molecule has 1 aliphatic rings. The Morgan fingerprint density at radius 2 is 1.86 bits per heavy atom. The highest BCUT2D eigenvalue weighted by Crippen LogP contribution is 2.32. The highest BCUT2D eigenvalue weighted by molar-refractivity contribution is 5.74. The summed E-state index contributed by atoms with van der Waals surface area (Å²) < 4.78 is 0. The molecule has 1 unspecified atom stereocenters. The smallest absolute Gasteiger partial charge is 0.315 e. The van der Waals surface area contributed by atoms with Gasteiger partial charge in [0.2, 0.25) is 0 Å². The summed E-state index contributed by atoms with van der Waals surface area (Å²) in [5, 5.41) is 14.7. The quantitative estimate of drug-likeness (QED) is 0.676. The third kappa shape index (κ3) is 6.82. The van der Waals surface area contributed by atoms with Crippen LogP contribution in [0, 0.1) is 17.3 Å². The van der Waals surface area contributed by atoms with Gasteiger partial charge in [-0.3, -0.25) is 4.79 Å². The lowest BCUT2D eigenvalue weighted by Crippen LogP contribution is -2.48. The molecule has 21 heavy (non-hydrogen) atoms. The summed E-state index contributed by atoms with van der Waals surface area (Å²) in [6.07, 6.45) is 3.79. The fraction of sp³-hybridized carbons (Fsp3) is 0.875. The Balaban J connectivity index is 2.25. The van der Waals surface area contributed by atoms with E-state index in [9.17, 15) is 9.59 Å². The van der Waals surface area contributed by atoms with Gasteiger partial charge in [0.1, 0.15) is 0 Å². The molecule has 0 aromatic carbocycles. The largest absolute Gasteiger partial charge is 0.481 e. The molecule has 1 saturated carbocycles. The molecule has 3 N–H and O–H groups in total. The maximum atomic E-state index is 11.7. The number of hydrogen-bond donors (Lipinski definition) is 3. The van der Waals surface area contributed by atoms with Gasteiger partial charge in [0, 0.05) is 19.0 Å². The zero-order chi connectivity index (χ0) is 16.0. The number of amides is 2. The van der Waals surface area contributed by atoms with E-state index in [0.717, 1.165) is 25.2 Å². The van der Waals surface area contributed by atoms with Gasteiger partial charge in [-0.1, -0.05) is 27.7 Å². The first-order valence-electron chi connectivity index (χ1n) is 7.94. The van der Waals surface area contributed by atoms with Crippen LogP contribution < -0.4 is 10.6 Å². The summed E-state index contributed by atoms with van der Waals surface area (Å²) >= 11 is 0. The van der Waals surface area contributed by atoms with E-state index in [1.165, 1.54) is 0 Å².